The molecular weight excluding hydrogens is 348 g/mol. The van der Waals surface area contributed by atoms with E-state index in [0.717, 1.165) is 56.7 Å². The third-order valence-electron chi connectivity index (χ3n) is 8.70. The van der Waals surface area contributed by atoms with Crippen molar-refractivity contribution in [1.82, 2.24) is 19.7 Å². The van der Waals surface area contributed by atoms with Gasteiger partial charge in [-0.3, -0.25) is 4.79 Å². The Bertz CT molecular complexity index is 733. The molecule has 1 saturated heterocycles. The van der Waals surface area contributed by atoms with Crippen molar-refractivity contribution in [2.24, 2.45) is 23.2 Å². The third-order valence-corrected chi connectivity index (χ3v) is 8.70. The third kappa shape index (κ3) is 2.75. The van der Waals surface area contributed by atoms with Crippen molar-refractivity contribution in [3.8, 4) is 0 Å². The molecule has 4 aliphatic carbocycles. The summed E-state index contributed by atoms with van der Waals surface area (Å²) in [6.45, 7) is 2.90. The lowest BCUT2D eigenvalue weighted by molar-refractivity contribution is -0.159. The number of aryl methyl sites for hydroxylation is 1. The molecule has 5 nitrogen and oxygen atoms in total. The Kier molecular flexibility index (Phi) is 4.09. The number of aromatic nitrogens is 3. The smallest absolute Gasteiger partial charge is 0.228 e. The SMILES string of the molecule is O=C(N1CCCC(c2nnc3n2CCCCC3)C1)C12CC3CC(CC(C3)C1)C2. The van der Waals surface area contributed by atoms with Gasteiger partial charge in [-0.05, 0) is 82.0 Å². The number of likely N-dealkylation sites (tertiary alicyclic amines) is 1. The van der Waals surface area contributed by atoms with Crippen molar-refractivity contribution in [2.45, 2.75) is 89.5 Å². The van der Waals surface area contributed by atoms with Crippen molar-refractivity contribution in [2.75, 3.05) is 13.1 Å². The van der Waals surface area contributed by atoms with Crippen LogP contribution in [0.4, 0.5) is 0 Å². The van der Waals surface area contributed by atoms with Gasteiger partial charge in [0.15, 0.2) is 0 Å². The second-order valence-corrected chi connectivity index (χ2v) is 10.7. The predicted molar refractivity (Wildman–Crippen MR) is 107 cm³/mol. The molecule has 6 aliphatic rings. The van der Waals surface area contributed by atoms with Gasteiger partial charge in [-0.1, -0.05) is 6.42 Å². The first-order valence-electron chi connectivity index (χ1n) is 11.9. The van der Waals surface area contributed by atoms with E-state index < -0.39 is 0 Å². The lowest BCUT2D eigenvalue weighted by Gasteiger charge is -2.57. The van der Waals surface area contributed by atoms with Crippen LogP contribution in [0, 0.1) is 23.2 Å². The standard InChI is InChI=1S/C23H34N4O/c28-22(23-12-16-9-17(13-23)11-18(10-16)14-23)26-7-4-5-19(15-26)21-25-24-20-6-2-1-3-8-27(20)21/h16-19H,1-15H2. The summed E-state index contributed by atoms with van der Waals surface area (Å²) in [4.78, 5) is 16.0. The Balaban J connectivity index is 1.22. The summed E-state index contributed by atoms with van der Waals surface area (Å²) in [6.07, 6.45) is 14.9. The number of fused-ring (bicyclic) bond motifs is 1. The van der Waals surface area contributed by atoms with E-state index in [0.29, 0.717) is 11.8 Å². The number of carbonyl (C=O) groups is 1. The molecule has 1 amide bonds. The Hall–Kier alpha value is -1.39. The van der Waals surface area contributed by atoms with Crippen LogP contribution in [0.25, 0.3) is 0 Å². The van der Waals surface area contributed by atoms with E-state index in [9.17, 15) is 4.79 Å². The molecule has 1 atom stereocenters. The van der Waals surface area contributed by atoms with Gasteiger partial charge in [-0.15, -0.1) is 10.2 Å². The van der Waals surface area contributed by atoms with Crippen LogP contribution in [0.2, 0.25) is 0 Å². The summed E-state index contributed by atoms with van der Waals surface area (Å²) >= 11 is 0. The first-order chi connectivity index (χ1) is 13.7. The van der Waals surface area contributed by atoms with Crippen LogP contribution in [-0.2, 0) is 17.8 Å². The van der Waals surface area contributed by atoms with Crippen molar-refractivity contribution in [3.05, 3.63) is 11.6 Å². The first-order valence-corrected chi connectivity index (χ1v) is 11.9. The van der Waals surface area contributed by atoms with Gasteiger partial charge in [0.1, 0.15) is 11.6 Å². The lowest BCUT2D eigenvalue weighted by atomic mass is 9.49. The molecule has 1 aromatic heterocycles. The molecule has 7 rings (SSSR count). The van der Waals surface area contributed by atoms with Crippen LogP contribution < -0.4 is 0 Å². The highest BCUT2D eigenvalue weighted by Gasteiger charge is 2.55. The van der Waals surface area contributed by atoms with Gasteiger partial charge in [-0.2, -0.15) is 0 Å². The summed E-state index contributed by atoms with van der Waals surface area (Å²) in [6, 6.07) is 0. The normalized spacial score (nSPS) is 39.6. The fraction of sp³-hybridized carbons (Fsp3) is 0.870. The number of amides is 1. The van der Waals surface area contributed by atoms with Crippen LogP contribution in [0.15, 0.2) is 0 Å². The molecule has 152 valence electrons. The van der Waals surface area contributed by atoms with Crippen LogP contribution in [0.3, 0.4) is 0 Å². The van der Waals surface area contributed by atoms with Crippen LogP contribution in [0.5, 0.6) is 0 Å². The predicted octanol–water partition coefficient (Wildman–Crippen LogP) is 3.93. The van der Waals surface area contributed by atoms with E-state index in [4.69, 9.17) is 0 Å². The average molecular weight is 383 g/mol. The zero-order valence-corrected chi connectivity index (χ0v) is 17.1. The maximum absolute atomic E-state index is 13.8. The second-order valence-electron chi connectivity index (χ2n) is 10.7. The zero-order valence-electron chi connectivity index (χ0n) is 17.1. The molecule has 3 heterocycles. The van der Waals surface area contributed by atoms with E-state index in [2.05, 4.69) is 19.7 Å². The van der Waals surface area contributed by atoms with Gasteiger partial charge in [0, 0.05) is 32.0 Å². The molecule has 0 spiro atoms. The van der Waals surface area contributed by atoms with Gasteiger partial charge in [0.25, 0.3) is 0 Å². The number of piperidine rings is 1. The topological polar surface area (TPSA) is 51.0 Å². The summed E-state index contributed by atoms with van der Waals surface area (Å²) in [5, 5.41) is 9.15. The summed E-state index contributed by atoms with van der Waals surface area (Å²) in [5.74, 6) is 5.74. The fourth-order valence-corrected chi connectivity index (χ4v) is 7.89. The molecular formula is C23H34N4O. The zero-order chi connectivity index (χ0) is 18.7. The number of carbonyl (C=O) groups excluding carboxylic acids is 1. The Morgan fingerprint density at radius 1 is 0.893 bits per heavy atom. The average Bonchev–Trinajstić information content (AvgIpc) is 2.95. The monoisotopic (exact) mass is 382 g/mol. The molecule has 5 heteroatoms. The van der Waals surface area contributed by atoms with E-state index >= 15 is 0 Å². The summed E-state index contributed by atoms with van der Waals surface area (Å²) in [7, 11) is 0. The second kappa shape index (κ2) is 6.56. The molecule has 2 aliphatic heterocycles. The molecule has 0 N–H and O–H groups in total. The molecule has 0 aromatic carbocycles. The number of hydrogen-bond acceptors (Lipinski definition) is 3. The van der Waals surface area contributed by atoms with Gasteiger partial charge < -0.3 is 9.47 Å². The molecule has 1 aromatic rings. The quantitative estimate of drug-likeness (QED) is 0.779. The first kappa shape index (κ1) is 17.5. The highest BCUT2D eigenvalue weighted by atomic mass is 16.2. The van der Waals surface area contributed by atoms with E-state index in [1.807, 2.05) is 0 Å². The molecule has 28 heavy (non-hydrogen) atoms. The molecule has 4 saturated carbocycles. The minimum atomic E-state index is -0.00160. The van der Waals surface area contributed by atoms with Crippen LogP contribution in [0.1, 0.15) is 88.2 Å². The minimum Gasteiger partial charge on any atom is -0.341 e. The van der Waals surface area contributed by atoms with Crippen molar-refractivity contribution < 1.29 is 4.79 Å². The van der Waals surface area contributed by atoms with Crippen LogP contribution >= 0.6 is 0 Å². The molecule has 1 unspecified atom stereocenters. The Morgan fingerprint density at radius 3 is 2.39 bits per heavy atom. The minimum absolute atomic E-state index is 0.00160. The molecule has 4 bridgehead atoms. The largest absolute Gasteiger partial charge is 0.341 e. The number of nitrogens with zero attached hydrogens (tertiary/aromatic N) is 4. The molecule has 5 fully saturated rings. The van der Waals surface area contributed by atoms with Gasteiger partial charge in [-0.25, -0.2) is 0 Å². The van der Waals surface area contributed by atoms with Crippen LogP contribution in [-0.4, -0.2) is 38.7 Å². The van der Waals surface area contributed by atoms with Gasteiger partial charge >= 0.3 is 0 Å². The number of rotatable bonds is 2. The van der Waals surface area contributed by atoms with Crippen molar-refractivity contribution in [3.63, 3.8) is 0 Å². The lowest BCUT2D eigenvalue weighted by Crippen LogP contribution is -2.56. The summed E-state index contributed by atoms with van der Waals surface area (Å²) in [5.41, 5.74) is -0.00160. The van der Waals surface area contributed by atoms with Gasteiger partial charge in [0.2, 0.25) is 5.91 Å². The van der Waals surface area contributed by atoms with E-state index in [-0.39, 0.29) is 5.41 Å². The maximum Gasteiger partial charge on any atom is 0.228 e. The maximum atomic E-state index is 13.8. The van der Waals surface area contributed by atoms with Gasteiger partial charge in [0.05, 0.1) is 5.41 Å². The Morgan fingerprint density at radius 2 is 1.64 bits per heavy atom. The van der Waals surface area contributed by atoms with E-state index in [1.165, 1.54) is 69.4 Å². The fourth-order valence-electron chi connectivity index (χ4n) is 7.89. The Labute approximate surface area is 168 Å². The number of hydrogen-bond donors (Lipinski definition) is 0. The highest BCUT2D eigenvalue weighted by Crippen LogP contribution is 2.60. The highest BCUT2D eigenvalue weighted by molar-refractivity contribution is 5.83. The summed E-state index contributed by atoms with van der Waals surface area (Å²) < 4.78 is 2.40. The van der Waals surface area contributed by atoms with Crippen molar-refractivity contribution >= 4 is 5.91 Å². The van der Waals surface area contributed by atoms with E-state index in [1.54, 1.807) is 0 Å². The van der Waals surface area contributed by atoms with Crippen molar-refractivity contribution in [1.29, 1.82) is 0 Å². The molecule has 0 radical (unpaired) electrons.